The molecule has 106 valence electrons. The van der Waals surface area contributed by atoms with Gasteiger partial charge in [0.05, 0.1) is 5.69 Å². The molecule has 1 aliphatic heterocycles. The lowest BCUT2D eigenvalue weighted by Gasteiger charge is -2.14. The van der Waals surface area contributed by atoms with Crippen LogP contribution in [0.5, 0.6) is 0 Å². The molecular formula is C13H12INO5. The molecule has 0 aromatic heterocycles. The maximum Gasteiger partial charge on any atom is 0.377 e. The number of rotatable bonds is 4. The highest BCUT2D eigenvalue weighted by Crippen LogP contribution is 2.16. The first-order valence-corrected chi connectivity index (χ1v) is 6.91. The fourth-order valence-electron chi connectivity index (χ4n) is 1.43. The van der Waals surface area contributed by atoms with Gasteiger partial charge >= 0.3 is 5.97 Å². The van der Waals surface area contributed by atoms with Crippen LogP contribution in [0.3, 0.4) is 0 Å². The summed E-state index contributed by atoms with van der Waals surface area (Å²) in [4.78, 5) is 23.2. The zero-order valence-corrected chi connectivity index (χ0v) is 12.6. The van der Waals surface area contributed by atoms with Crippen LogP contribution in [0.2, 0.25) is 0 Å². The Bertz CT molecular complexity index is 543. The van der Waals surface area contributed by atoms with Crippen molar-refractivity contribution in [2.75, 3.05) is 25.1 Å². The molecule has 1 N–H and O–H groups in total. The smallest absolute Gasteiger partial charge is 0.377 e. The number of carbonyl (C=O) groups is 2. The van der Waals surface area contributed by atoms with Gasteiger partial charge in [-0.25, -0.2) is 4.79 Å². The Morgan fingerprint density at radius 3 is 2.80 bits per heavy atom. The molecule has 1 amide bonds. The van der Waals surface area contributed by atoms with Gasteiger partial charge in [0.1, 0.15) is 19.5 Å². The molecule has 1 aromatic carbocycles. The van der Waals surface area contributed by atoms with E-state index < -0.39 is 11.9 Å². The van der Waals surface area contributed by atoms with Gasteiger partial charge in [0.15, 0.2) is 6.61 Å². The zero-order chi connectivity index (χ0) is 14.4. The molecule has 1 heterocycles. The van der Waals surface area contributed by atoms with Crippen LogP contribution in [0.25, 0.3) is 0 Å². The van der Waals surface area contributed by atoms with Crippen LogP contribution in [0.1, 0.15) is 0 Å². The number of benzene rings is 1. The topological polar surface area (TPSA) is 73.9 Å². The van der Waals surface area contributed by atoms with E-state index in [1.807, 2.05) is 18.2 Å². The van der Waals surface area contributed by atoms with Crippen molar-refractivity contribution in [1.82, 2.24) is 0 Å². The molecule has 0 saturated heterocycles. The molecule has 0 spiro atoms. The van der Waals surface area contributed by atoms with Crippen LogP contribution in [-0.2, 0) is 23.8 Å². The van der Waals surface area contributed by atoms with E-state index in [1.165, 1.54) is 6.26 Å². The molecule has 7 heteroatoms. The summed E-state index contributed by atoms with van der Waals surface area (Å²) in [5, 5.41) is 2.65. The number of carbonyl (C=O) groups excluding carboxylic acids is 2. The molecule has 0 saturated carbocycles. The Balaban J connectivity index is 1.82. The molecule has 2 rings (SSSR count). The highest BCUT2D eigenvalue weighted by molar-refractivity contribution is 14.1. The second kappa shape index (κ2) is 7.13. The lowest BCUT2D eigenvalue weighted by Crippen LogP contribution is -2.24. The van der Waals surface area contributed by atoms with Crippen molar-refractivity contribution >= 4 is 40.2 Å². The van der Waals surface area contributed by atoms with Gasteiger partial charge in [-0.05, 0) is 34.7 Å². The summed E-state index contributed by atoms with van der Waals surface area (Å²) < 4.78 is 15.7. The first-order chi connectivity index (χ1) is 9.66. The van der Waals surface area contributed by atoms with E-state index in [-0.39, 0.29) is 19.0 Å². The molecular weight excluding hydrogens is 377 g/mol. The fourth-order valence-corrected chi connectivity index (χ4v) is 1.95. The van der Waals surface area contributed by atoms with E-state index in [4.69, 9.17) is 14.2 Å². The highest BCUT2D eigenvalue weighted by atomic mass is 127. The average Bonchev–Trinajstić information content (AvgIpc) is 2.48. The van der Waals surface area contributed by atoms with Gasteiger partial charge in [-0.2, -0.15) is 0 Å². The van der Waals surface area contributed by atoms with E-state index in [9.17, 15) is 9.59 Å². The molecule has 0 fully saturated rings. The van der Waals surface area contributed by atoms with Crippen molar-refractivity contribution < 1.29 is 23.8 Å². The van der Waals surface area contributed by atoms with Gasteiger partial charge in [-0.3, -0.25) is 4.79 Å². The molecule has 0 bridgehead atoms. The van der Waals surface area contributed by atoms with E-state index in [2.05, 4.69) is 27.9 Å². The quantitative estimate of drug-likeness (QED) is 0.627. The number of esters is 1. The van der Waals surface area contributed by atoms with Crippen molar-refractivity contribution in [3.63, 3.8) is 0 Å². The lowest BCUT2D eigenvalue weighted by atomic mass is 10.3. The molecule has 0 unspecified atom stereocenters. The monoisotopic (exact) mass is 389 g/mol. The second-order valence-electron chi connectivity index (χ2n) is 3.81. The number of hydrogen-bond acceptors (Lipinski definition) is 5. The van der Waals surface area contributed by atoms with Gasteiger partial charge in [0.25, 0.3) is 5.91 Å². The molecule has 20 heavy (non-hydrogen) atoms. The largest absolute Gasteiger partial charge is 0.493 e. The summed E-state index contributed by atoms with van der Waals surface area (Å²) in [5.74, 6) is -1.17. The fraction of sp³-hybridized carbons (Fsp3) is 0.231. The summed E-state index contributed by atoms with van der Waals surface area (Å²) in [7, 11) is 0. The van der Waals surface area contributed by atoms with Gasteiger partial charge in [0, 0.05) is 3.57 Å². The Morgan fingerprint density at radius 1 is 1.30 bits per heavy atom. The van der Waals surface area contributed by atoms with Gasteiger partial charge in [-0.1, -0.05) is 12.1 Å². The predicted octanol–water partition coefficient (Wildman–Crippen LogP) is 1.66. The number of para-hydroxylation sites is 1. The van der Waals surface area contributed by atoms with E-state index in [1.54, 1.807) is 6.07 Å². The Kier molecular flexibility index (Phi) is 5.22. The normalized spacial score (nSPS) is 13.6. The first-order valence-electron chi connectivity index (χ1n) is 5.83. The van der Waals surface area contributed by atoms with Crippen LogP contribution < -0.4 is 5.32 Å². The molecule has 6 nitrogen and oxygen atoms in total. The first kappa shape index (κ1) is 14.6. The third-order valence-corrected chi connectivity index (χ3v) is 3.27. The van der Waals surface area contributed by atoms with Crippen molar-refractivity contribution in [1.29, 1.82) is 0 Å². The summed E-state index contributed by atoms with van der Waals surface area (Å²) in [6.07, 6.45) is 1.18. The van der Waals surface area contributed by atoms with E-state index in [0.717, 1.165) is 3.57 Å². The summed E-state index contributed by atoms with van der Waals surface area (Å²) in [6, 6.07) is 7.30. The minimum Gasteiger partial charge on any atom is -0.493 e. The molecule has 1 aliphatic rings. The van der Waals surface area contributed by atoms with Crippen molar-refractivity contribution in [2.24, 2.45) is 0 Å². The summed E-state index contributed by atoms with van der Waals surface area (Å²) >= 11 is 2.10. The Labute approximate surface area is 129 Å². The number of ether oxygens (including phenoxy) is 3. The van der Waals surface area contributed by atoms with Crippen molar-refractivity contribution in [3.8, 4) is 0 Å². The SMILES string of the molecule is O=C(COC(=O)C1=COCCO1)Nc1ccccc1I. The predicted molar refractivity (Wildman–Crippen MR) is 78.7 cm³/mol. The molecule has 0 aliphatic carbocycles. The van der Waals surface area contributed by atoms with Crippen LogP contribution in [0.4, 0.5) is 5.69 Å². The van der Waals surface area contributed by atoms with Gasteiger partial charge < -0.3 is 19.5 Å². The van der Waals surface area contributed by atoms with Crippen molar-refractivity contribution in [2.45, 2.75) is 0 Å². The van der Waals surface area contributed by atoms with Crippen LogP contribution in [-0.4, -0.2) is 31.7 Å². The standard InChI is InChI=1S/C13H12INO5/c14-9-3-1-2-4-10(9)15-12(16)8-20-13(17)11-7-18-5-6-19-11/h1-4,7H,5-6,8H2,(H,15,16). The second-order valence-corrected chi connectivity index (χ2v) is 4.97. The Morgan fingerprint density at radius 2 is 2.10 bits per heavy atom. The summed E-state index contributed by atoms with van der Waals surface area (Å²) in [5.41, 5.74) is 0.672. The molecule has 0 atom stereocenters. The van der Waals surface area contributed by atoms with Crippen LogP contribution in [0, 0.1) is 3.57 Å². The maximum absolute atomic E-state index is 11.7. The number of nitrogens with one attached hydrogen (secondary N) is 1. The number of amides is 1. The molecule has 1 aromatic rings. The zero-order valence-electron chi connectivity index (χ0n) is 10.4. The lowest BCUT2D eigenvalue weighted by molar-refractivity contribution is -0.148. The number of hydrogen-bond donors (Lipinski definition) is 1. The summed E-state index contributed by atoms with van der Waals surface area (Å²) in [6.45, 7) is 0.295. The van der Waals surface area contributed by atoms with E-state index in [0.29, 0.717) is 12.3 Å². The van der Waals surface area contributed by atoms with Crippen LogP contribution in [0.15, 0.2) is 36.3 Å². The average molecular weight is 389 g/mol. The minimum absolute atomic E-state index is 0.0293. The van der Waals surface area contributed by atoms with Gasteiger partial charge in [0.2, 0.25) is 5.76 Å². The van der Waals surface area contributed by atoms with E-state index >= 15 is 0 Å². The molecule has 0 radical (unpaired) electrons. The van der Waals surface area contributed by atoms with Crippen LogP contribution >= 0.6 is 22.6 Å². The Hall–Kier alpha value is -1.77. The highest BCUT2D eigenvalue weighted by Gasteiger charge is 2.18. The maximum atomic E-state index is 11.7. The third-order valence-electron chi connectivity index (χ3n) is 2.33. The van der Waals surface area contributed by atoms with Crippen molar-refractivity contribution in [3.05, 3.63) is 39.9 Å². The number of anilines is 1. The number of halogens is 1. The van der Waals surface area contributed by atoms with Gasteiger partial charge in [-0.15, -0.1) is 0 Å². The third kappa shape index (κ3) is 4.12. The minimum atomic E-state index is -0.720.